The molecule has 5 heteroatoms. The molecule has 0 spiro atoms. The van der Waals surface area contributed by atoms with Gasteiger partial charge in [-0.3, -0.25) is 4.68 Å². The van der Waals surface area contributed by atoms with Crippen LogP contribution in [0.1, 0.15) is 11.3 Å². The third-order valence-electron chi connectivity index (χ3n) is 1.52. The zero-order valence-corrected chi connectivity index (χ0v) is 8.18. The Balaban J connectivity index is 2.75. The predicted molar refractivity (Wildman–Crippen MR) is 45.6 cm³/mol. The van der Waals surface area contributed by atoms with Gasteiger partial charge in [-0.25, -0.2) is 8.78 Å². The first-order chi connectivity index (χ1) is 5.63. The first kappa shape index (κ1) is 9.64. The molecule has 0 unspecified atom stereocenters. The van der Waals surface area contributed by atoms with E-state index in [0.29, 0.717) is 5.33 Å². The highest BCUT2D eigenvalue weighted by Gasteiger charge is 2.07. The van der Waals surface area contributed by atoms with Crippen LogP contribution in [0.5, 0.6) is 0 Å². The minimum absolute atomic E-state index is 0.326. The zero-order valence-electron chi connectivity index (χ0n) is 6.60. The Bertz CT molecular complexity index is 260. The van der Waals surface area contributed by atoms with Crippen molar-refractivity contribution in [2.75, 3.05) is 0 Å². The summed E-state index contributed by atoms with van der Waals surface area (Å²) < 4.78 is 25.1. The van der Waals surface area contributed by atoms with Crippen LogP contribution in [0.25, 0.3) is 0 Å². The number of alkyl halides is 3. The van der Waals surface area contributed by atoms with Crippen LogP contribution in [-0.2, 0) is 11.9 Å². The van der Waals surface area contributed by atoms with Gasteiger partial charge in [0.1, 0.15) is 6.54 Å². The maximum Gasteiger partial charge on any atom is 0.257 e. The van der Waals surface area contributed by atoms with Gasteiger partial charge in [-0.2, -0.15) is 5.10 Å². The SMILES string of the molecule is Cc1nn(CC(F)F)cc1CBr. The Morgan fingerprint density at radius 2 is 2.33 bits per heavy atom. The molecule has 12 heavy (non-hydrogen) atoms. The molecule has 1 heterocycles. The summed E-state index contributed by atoms with van der Waals surface area (Å²) in [4.78, 5) is 0. The summed E-state index contributed by atoms with van der Waals surface area (Å²) in [5.74, 6) is 0. The van der Waals surface area contributed by atoms with E-state index >= 15 is 0 Å². The van der Waals surface area contributed by atoms with E-state index in [1.165, 1.54) is 4.68 Å². The minimum atomic E-state index is -2.34. The van der Waals surface area contributed by atoms with E-state index < -0.39 is 6.43 Å². The summed E-state index contributed by atoms with van der Waals surface area (Å²) in [6, 6.07) is 0. The molecule has 0 aromatic carbocycles. The maximum atomic E-state index is 11.9. The Hall–Kier alpha value is -0.450. The molecule has 0 atom stereocenters. The second kappa shape index (κ2) is 3.98. The van der Waals surface area contributed by atoms with E-state index in [9.17, 15) is 8.78 Å². The Morgan fingerprint density at radius 3 is 2.75 bits per heavy atom. The second-order valence-corrected chi connectivity index (χ2v) is 3.05. The quantitative estimate of drug-likeness (QED) is 0.740. The van der Waals surface area contributed by atoms with Gasteiger partial charge in [0.2, 0.25) is 0 Å². The van der Waals surface area contributed by atoms with Crippen LogP contribution >= 0.6 is 15.9 Å². The molecule has 1 aromatic rings. The van der Waals surface area contributed by atoms with E-state index in [1.54, 1.807) is 13.1 Å². The summed E-state index contributed by atoms with van der Waals surface area (Å²) in [5, 5.41) is 4.58. The molecule has 0 bridgehead atoms. The lowest BCUT2D eigenvalue weighted by atomic mass is 10.3. The summed E-state index contributed by atoms with van der Waals surface area (Å²) in [7, 11) is 0. The normalized spacial score (nSPS) is 11.1. The second-order valence-electron chi connectivity index (χ2n) is 2.49. The van der Waals surface area contributed by atoms with E-state index in [2.05, 4.69) is 21.0 Å². The molecular formula is C7H9BrF2N2. The summed E-state index contributed by atoms with van der Waals surface area (Å²) in [6.45, 7) is 1.48. The number of nitrogens with zero attached hydrogens (tertiary/aromatic N) is 2. The summed E-state index contributed by atoms with van der Waals surface area (Å²) >= 11 is 3.25. The van der Waals surface area contributed by atoms with Gasteiger partial charge >= 0.3 is 0 Å². The molecule has 0 saturated carbocycles. The molecule has 0 amide bonds. The van der Waals surface area contributed by atoms with Gasteiger partial charge in [0.05, 0.1) is 5.69 Å². The highest BCUT2D eigenvalue weighted by atomic mass is 79.9. The van der Waals surface area contributed by atoms with Crippen molar-refractivity contribution in [1.82, 2.24) is 9.78 Å². The van der Waals surface area contributed by atoms with E-state index in [-0.39, 0.29) is 6.54 Å². The fourth-order valence-electron chi connectivity index (χ4n) is 0.925. The minimum Gasteiger partial charge on any atom is -0.266 e. The molecule has 0 fully saturated rings. The van der Waals surface area contributed by atoms with Crippen LogP contribution in [-0.4, -0.2) is 16.2 Å². The molecule has 0 aliphatic carbocycles. The number of aromatic nitrogens is 2. The largest absolute Gasteiger partial charge is 0.266 e. The van der Waals surface area contributed by atoms with Crippen molar-refractivity contribution in [3.8, 4) is 0 Å². The molecule has 68 valence electrons. The molecular weight excluding hydrogens is 230 g/mol. The molecule has 1 aromatic heterocycles. The molecule has 0 saturated heterocycles. The van der Waals surface area contributed by atoms with Crippen molar-refractivity contribution in [3.63, 3.8) is 0 Å². The zero-order chi connectivity index (χ0) is 9.14. The summed E-state index contributed by atoms with van der Waals surface area (Å²) in [6.07, 6.45) is -0.705. The van der Waals surface area contributed by atoms with Gasteiger partial charge in [-0.1, -0.05) is 15.9 Å². The third kappa shape index (κ3) is 2.27. The fraction of sp³-hybridized carbons (Fsp3) is 0.571. The van der Waals surface area contributed by atoms with E-state index in [0.717, 1.165) is 11.3 Å². The van der Waals surface area contributed by atoms with Gasteiger partial charge in [-0.15, -0.1) is 0 Å². The fourth-order valence-corrected chi connectivity index (χ4v) is 1.48. The topological polar surface area (TPSA) is 17.8 Å². The van der Waals surface area contributed by atoms with Gasteiger partial charge in [0.15, 0.2) is 0 Å². The number of rotatable bonds is 3. The lowest BCUT2D eigenvalue weighted by molar-refractivity contribution is 0.121. The first-order valence-electron chi connectivity index (χ1n) is 3.50. The van der Waals surface area contributed by atoms with Gasteiger partial charge in [0.25, 0.3) is 6.43 Å². The smallest absolute Gasteiger partial charge is 0.257 e. The van der Waals surface area contributed by atoms with Gasteiger partial charge in [0, 0.05) is 17.1 Å². The van der Waals surface area contributed by atoms with Crippen molar-refractivity contribution < 1.29 is 8.78 Å². The standard InChI is InChI=1S/C7H9BrF2N2/c1-5-6(2-8)3-12(11-5)4-7(9)10/h3,7H,2,4H2,1H3. The average molecular weight is 239 g/mol. The first-order valence-corrected chi connectivity index (χ1v) is 4.62. The lowest BCUT2D eigenvalue weighted by Crippen LogP contribution is -2.06. The van der Waals surface area contributed by atoms with Crippen molar-refractivity contribution in [2.24, 2.45) is 0 Å². The average Bonchev–Trinajstić information content (AvgIpc) is 2.29. The van der Waals surface area contributed by atoms with E-state index in [4.69, 9.17) is 0 Å². The molecule has 0 N–H and O–H groups in total. The van der Waals surface area contributed by atoms with Crippen molar-refractivity contribution in [3.05, 3.63) is 17.5 Å². The molecule has 0 aliphatic heterocycles. The van der Waals surface area contributed by atoms with Crippen LogP contribution in [0.4, 0.5) is 8.78 Å². The molecule has 2 nitrogen and oxygen atoms in total. The van der Waals surface area contributed by atoms with Crippen LogP contribution in [0, 0.1) is 6.92 Å². The molecule has 0 aliphatic rings. The molecule has 0 radical (unpaired) electrons. The van der Waals surface area contributed by atoms with Crippen LogP contribution in [0.2, 0.25) is 0 Å². The third-order valence-corrected chi connectivity index (χ3v) is 2.12. The number of halogens is 3. The highest BCUT2D eigenvalue weighted by Crippen LogP contribution is 2.10. The van der Waals surface area contributed by atoms with Gasteiger partial charge < -0.3 is 0 Å². The van der Waals surface area contributed by atoms with Crippen LogP contribution < -0.4 is 0 Å². The highest BCUT2D eigenvalue weighted by molar-refractivity contribution is 9.08. The van der Waals surface area contributed by atoms with Crippen molar-refractivity contribution in [2.45, 2.75) is 25.2 Å². The van der Waals surface area contributed by atoms with Gasteiger partial charge in [-0.05, 0) is 6.92 Å². The monoisotopic (exact) mass is 238 g/mol. The Morgan fingerprint density at radius 1 is 1.67 bits per heavy atom. The van der Waals surface area contributed by atoms with Crippen molar-refractivity contribution >= 4 is 15.9 Å². The van der Waals surface area contributed by atoms with Crippen LogP contribution in [0.15, 0.2) is 6.20 Å². The Kier molecular flexibility index (Phi) is 3.20. The number of hydrogen-bond acceptors (Lipinski definition) is 1. The number of aryl methyl sites for hydroxylation is 1. The lowest BCUT2D eigenvalue weighted by Gasteiger charge is -1.97. The summed E-state index contributed by atoms with van der Waals surface area (Å²) in [5.41, 5.74) is 1.75. The maximum absolute atomic E-state index is 11.9. The van der Waals surface area contributed by atoms with E-state index in [1.807, 2.05) is 0 Å². The van der Waals surface area contributed by atoms with Crippen molar-refractivity contribution in [1.29, 1.82) is 0 Å². The Labute approximate surface area is 77.7 Å². The predicted octanol–water partition coefficient (Wildman–Crippen LogP) is 2.35. The van der Waals surface area contributed by atoms with Crippen LogP contribution in [0.3, 0.4) is 0 Å². The molecule has 1 rings (SSSR count). The number of hydrogen-bond donors (Lipinski definition) is 0.